The van der Waals surface area contributed by atoms with E-state index in [2.05, 4.69) is 27.3 Å². The summed E-state index contributed by atoms with van der Waals surface area (Å²) in [5, 5.41) is 12.5. The molecule has 2 fully saturated rings. The summed E-state index contributed by atoms with van der Waals surface area (Å²) in [6, 6.07) is 7.37. The first kappa shape index (κ1) is 14.0. The van der Waals surface area contributed by atoms with Crippen LogP contribution in [-0.4, -0.2) is 17.0 Å². The van der Waals surface area contributed by atoms with Crippen LogP contribution < -0.4 is 5.32 Å². The topological polar surface area (TPSA) is 66.4 Å². The normalized spacial score (nSPS) is 33.1. The highest BCUT2D eigenvalue weighted by Gasteiger charge is 2.70. The Kier molecular flexibility index (Phi) is 2.98. The van der Waals surface area contributed by atoms with Gasteiger partial charge in [-0.3, -0.25) is 9.59 Å². The minimum Gasteiger partial charge on any atom is -0.481 e. The maximum Gasteiger partial charge on any atom is 0.307 e. The summed E-state index contributed by atoms with van der Waals surface area (Å²) in [6.07, 6.45) is 6.18. The van der Waals surface area contributed by atoms with Crippen LogP contribution in [0.4, 0.5) is 5.69 Å². The summed E-state index contributed by atoms with van der Waals surface area (Å²) >= 11 is 3.37. The number of anilines is 1. The van der Waals surface area contributed by atoms with Gasteiger partial charge < -0.3 is 10.4 Å². The van der Waals surface area contributed by atoms with E-state index in [0.717, 1.165) is 17.3 Å². The van der Waals surface area contributed by atoms with Crippen molar-refractivity contribution in [1.29, 1.82) is 0 Å². The Hall–Kier alpha value is -1.62. The zero-order valence-electron chi connectivity index (χ0n) is 11.8. The van der Waals surface area contributed by atoms with Crippen molar-refractivity contribution in [2.75, 3.05) is 5.32 Å². The lowest BCUT2D eigenvalue weighted by Gasteiger charge is -2.23. The number of benzene rings is 1. The summed E-state index contributed by atoms with van der Waals surface area (Å²) in [7, 11) is 0. The molecule has 22 heavy (non-hydrogen) atoms. The van der Waals surface area contributed by atoms with E-state index in [1.54, 1.807) is 0 Å². The minimum absolute atomic E-state index is 0.0215. The second kappa shape index (κ2) is 4.69. The number of hydrogen-bond donors (Lipinski definition) is 2. The van der Waals surface area contributed by atoms with Crippen molar-refractivity contribution >= 4 is 33.5 Å². The predicted molar refractivity (Wildman–Crippen MR) is 85.2 cm³/mol. The smallest absolute Gasteiger partial charge is 0.307 e. The van der Waals surface area contributed by atoms with Gasteiger partial charge >= 0.3 is 5.97 Å². The monoisotopic (exact) mass is 361 g/mol. The average Bonchev–Trinajstić information content (AvgIpc) is 3.12. The van der Waals surface area contributed by atoms with Crippen LogP contribution in [0.15, 0.2) is 40.9 Å². The number of aliphatic carboxylic acids is 1. The van der Waals surface area contributed by atoms with Crippen molar-refractivity contribution in [2.24, 2.45) is 29.1 Å². The highest BCUT2D eigenvalue weighted by Crippen LogP contribution is 2.72. The van der Waals surface area contributed by atoms with Gasteiger partial charge in [-0.05, 0) is 48.3 Å². The minimum atomic E-state index is -0.850. The van der Waals surface area contributed by atoms with E-state index in [4.69, 9.17) is 0 Å². The number of nitrogens with one attached hydrogen (secondary N) is 1. The van der Waals surface area contributed by atoms with Crippen molar-refractivity contribution < 1.29 is 14.7 Å². The number of rotatable bonds is 3. The second-order valence-corrected chi connectivity index (χ2v) is 7.47. The summed E-state index contributed by atoms with van der Waals surface area (Å²) in [5.41, 5.74) is 0.752. The summed E-state index contributed by atoms with van der Waals surface area (Å²) in [5.74, 6) is -1.98. The van der Waals surface area contributed by atoms with Gasteiger partial charge in [0.25, 0.3) is 0 Å². The number of allylic oxidation sites excluding steroid dienone is 2. The molecule has 2 saturated carbocycles. The van der Waals surface area contributed by atoms with Crippen molar-refractivity contribution in [3.63, 3.8) is 0 Å². The summed E-state index contributed by atoms with van der Waals surface area (Å²) < 4.78 is 0.881. The second-order valence-electron chi connectivity index (χ2n) is 6.56. The maximum absolute atomic E-state index is 12.7. The van der Waals surface area contributed by atoms with Gasteiger partial charge in [0.05, 0.1) is 11.8 Å². The number of carbonyl (C=O) groups is 2. The van der Waals surface area contributed by atoms with Gasteiger partial charge in [0.1, 0.15) is 0 Å². The fraction of sp³-hybridized carbons (Fsp3) is 0.412. The molecule has 4 rings (SSSR count). The van der Waals surface area contributed by atoms with E-state index in [-0.39, 0.29) is 23.2 Å². The van der Waals surface area contributed by atoms with E-state index in [0.29, 0.717) is 5.69 Å². The molecule has 4 atom stereocenters. The van der Waals surface area contributed by atoms with E-state index < -0.39 is 17.8 Å². The van der Waals surface area contributed by atoms with E-state index >= 15 is 0 Å². The molecular formula is C17H16BrNO3. The standard InChI is InChI=1S/C17H16BrNO3/c18-9-2-1-3-10(8-9)19-15(20)13-11-4-5-12(14(13)16(21)22)17(11)6-7-17/h1-5,8,11-14H,6-7H2,(H,19,20)(H,21,22). The third-order valence-corrected chi connectivity index (χ3v) is 6.01. The fourth-order valence-corrected chi connectivity index (χ4v) is 4.88. The number of carboxylic acid groups (broad SMARTS) is 1. The molecule has 4 unspecified atom stereocenters. The molecule has 3 aliphatic rings. The number of halogens is 1. The molecule has 114 valence electrons. The zero-order valence-corrected chi connectivity index (χ0v) is 13.4. The highest BCUT2D eigenvalue weighted by molar-refractivity contribution is 9.10. The third kappa shape index (κ3) is 1.88. The van der Waals surface area contributed by atoms with Crippen molar-refractivity contribution in [2.45, 2.75) is 12.8 Å². The van der Waals surface area contributed by atoms with Crippen molar-refractivity contribution in [1.82, 2.24) is 0 Å². The van der Waals surface area contributed by atoms with Gasteiger partial charge in [0, 0.05) is 10.2 Å². The molecule has 5 heteroatoms. The number of amides is 1. The molecule has 3 aliphatic carbocycles. The summed E-state index contributed by atoms with van der Waals surface area (Å²) in [4.78, 5) is 24.4. The van der Waals surface area contributed by atoms with Crippen LogP contribution in [0.2, 0.25) is 0 Å². The Bertz CT molecular complexity index is 695. The molecule has 1 aromatic rings. The van der Waals surface area contributed by atoms with Gasteiger partial charge in [-0.2, -0.15) is 0 Å². The molecule has 2 N–H and O–H groups in total. The molecule has 0 aliphatic heterocycles. The number of hydrogen-bond acceptors (Lipinski definition) is 2. The van der Waals surface area contributed by atoms with Crippen molar-refractivity contribution in [3.8, 4) is 0 Å². The van der Waals surface area contributed by atoms with Crippen LogP contribution >= 0.6 is 15.9 Å². The van der Waals surface area contributed by atoms with E-state index in [1.807, 2.05) is 30.3 Å². The van der Waals surface area contributed by atoms with Crippen LogP contribution in [0.25, 0.3) is 0 Å². The van der Waals surface area contributed by atoms with E-state index in [1.165, 1.54) is 0 Å². The number of carboxylic acids is 1. The molecule has 0 radical (unpaired) electrons. The van der Waals surface area contributed by atoms with Crippen LogP contribution in [0, 0.1) is 29.1 Å². The SMILES string of the molecule is O=C(O)C1C(C(=O)Nc2cccc(Br)c2)C2C=CC1C21CC1. The van der Waals surface area contributed by atoms with Gasteiger partial charge in [-0.1, -0.05) is 34.1 Å². The van der Waals surface area contributed by atoms with Gasteiger partial charge in [0.15, 0.2) is 0 Å². The first-order valence-corrected chi connectivity index (χ1v) is 8.30. The highest BCUT2D eigenvalue weighted by atomic mass is 79.9. The number of carbonyl (C=O) groups excluding carboxylic acids is 1. The summed E-state index contributed by atoms with van der Waals surface area (Å²) in [6.45, 7) is 0. The van der Waals surface area contributed by atoms with Crippen LogP contribution in [0.5, 0.6) is 0 Å². The Labute approximate surface area is 136 Å². The molecule has 0 aromatic heterocycles. The molecule has 1 spiro atoms. The van der Waals surface area contributed by atoms with Crippen molar-refractivity contribution in [3.05, 3.63) is 40.9 Å². The quantitative estimate of drug-likeness (QED) is 0.811. The predicted octanol–water partition coefficient (Wildman–Crippen LogP) is 3.30. The lowest BCUT2D eigenvalue weighted by atomic mass is 9.82. The molecule has 2 bridgehead atoms. The maximum atomic E-state index is 12.7. The lowest BCUT2D eigenvalue weighted by molar-refractivity contribution is -0.146. The Balaban J connectivity index is 1.62. The Morgan fingerprint density at radius 2 is 1.86 bits per heavy atom. The largest absolute Gasteiger partial charge is 0.481 e. The molecule has 0 saturated heterocycles. The Morgan fingerprint density at radius 3 is 2.45 bits per heavy atom. The average molecular weight is 362 g/mol. The van der Waals surface area contributed by atoms with E-state index in [9.17, 15) is 14.7 Å². The fourth-order valence-electron chi connectivity index (χ4n) is 4.48. The first-order chi connectivity index (χ1) is 10.5. The molecule has 0 heterocycles. The van der Waals surface area contributed by atoms with Gasteiger partial charge in [-0.15, -0.1) is 0 Å². The first-order valence-electron chi connectivity index (χ1n) is 7.50. The van der Waals surface area contributed by atoms with Crippen LogP contribution in [0.3, 0.4) is 0 Å². The van der Waals surface area contributed by atoms with Gasteiger partial charge in [-0.25, -0.2) is 0 Å². The van der Waals surface area contributed by atoms with Gasteiger partial charge in [0.2, 0.25) is 5.91 Å². The molecule has 1 aromatic carbocycles. The zero-order chi connectivity index (χ0) is 15.5. The molecule has 1 amide bonds. The lowest BCUT2D eigenvalue weighted by Crippen LogP contribution is -2.36. The van der Waals surface area contributed by atoms with Crippen LogP contribution in [0.1, 0.15) is 12.8 Å². The molecular weight excluding hydrogens is 346 g/mol. The third-order valence-electron chi connectivity index (χ3n) is 5.52. The van der Waals surface area contributed by atoms with Crippen LogP contribution in [-0.2, 0) is 9.59 Å². The molecule has 4 nitrogen and oxygen atoms in total. The Morgan fingerprint density at radius 1 is 1.18 bits per heavy atom.